The zero-order valence-corrected chi connectivity index (χ0v) is 18.7. The van der Waals surface area contributed by atoms with Crippen molar-refractivity contribution in [1.82, 2.24) is 0 Å². The molecule has 4 heteroatoms. The van der Waals surface area contributed by atoms with E-state index < -0.39 is 8.32 Å². The summed E-state index contributed by atoms with van der Waals surface area (Å²) in [5.41, 5.74) is 0. The van der Waals surface area contributed by atoms with E-state index in [2.05, 4.69) is 71.2 Å². The van der Waals surface area contributed by atoms with Crippen molar-refractivity contribution in [2.45, 2.75) is 78.1 Å². The monoisotopic (exact) mass is 378 g/mol. The Labute approximate surface area is 162 Å². The molecular formula is C22H38O3Si. The van der Waals surface area contributed by atoms with E-state index in [0.717, 1.165) is 19.3 Å². The van der Waals surface area contributed by atoms with Crippen LogP contribution in [0, 0.1) is 0 Å². The minimum absolute atomic E-state index is 0.148. The summed E-state index contributed by atoms with van der Waals surface area (Å²) in [4.78, 5) is 11.1. The van der Waals surface area contributed by atoms with E-state index in [1.165, 1.54) is 6.08 Å². The van der Waals surface area contributed by atoms with Crippen molar-refractivity contribution in [3.63, 3.8) is 0 Å². The molecule has 0 fully saturated rings. The molecule has 0 rings (SSSR count). The topological polar surface area (TPSA) is 35.5 Å². The van der Waals surface area contributed by atoms with Gasteiger partial charge in [-0.3, -0.25) is 0 Å². The molecule has 0 aromatic carbocycles. The summed E-state index contributed by atoms with van der Waals surface area (Å²) in [6.45, 7) is 15.7. The molecule has 0 saturated heterocycles. The number of unbranched alkanes of at least 4 members (excludes halogenated alkanes) is 2. The van der Waals surface area contributed by atoms with Crippen LogP contribution in [0.3, 0.4) is 0 Å². The number of ether oxygens (including phenoxy) is 1. The molecule has 0 spiro atoms. The average molecular weight is 379 g/mol. The summed E-state index contributed by atoms with van der Waals surface area (Å²) in [6, 6.07) is 0. The largest absolute Gasteiger partial charge is 0.463 e. The fraction of sp³-hybridized carbons (Fsp3) is 0.591. The minimum Gasteiger partial charge on any atom is -0.463 e. The molecule has 0 saturated carbocycles. The number of carbonyl (C=O) groups is 1. The molecular weight excluding hydrogens is 340 g/mol. The van der Waals surface area contributed by atoms with Crippen LogP contribution in [-0.4, -0.2) is 27.0 Å². The third-order valence-corrected chi connectivity index (χ3v) is 9.00. The Morgan fingerprint density at radius 2 is 1.62 bits per heavy atom. The third kappa shape index (κ3) is 12.0. The molecule has 1 atom stereocenters. The lowest BCUT2D eigenvalue weighted by Gasteiger charge is -2.37. The van der Waals surface area contributed by atoms with Crippen LogP contribution in [-0.2, 0) is 14.0 Å². The highest BCUT2D eigenvalue weighted by Crippen LogP contribution is 2.37. The van der Waals surface area contributed by atoms with E-state index >= 15 is 0 Å². The van der Waals surface area contributed by atoms with Gasteiger partial charge in [-0.05, 0) is 51.2 Å². The van der Waals surface area contributed by atoms with Gasteiger partial charge in [-0.15, -0.1) is 0 Å². The summed E-state index contributed by atoms with van der Waals surface area (Å²) in [5.74, 6) is -0.293. The first kappa shape index (κ1) is 24.6. The van der Waals surface area contributed by atoms with E-state index in [9.17, 15) is 4.79 Å². The van der Waals surface area contributed by atoms with E-state index in [-0.39, 0.29) is 17.1 Å². The van der Waals surface area contributed by atoms with E-state index in [4.69, 9.17) is 9.16 Å². The molecule has 0 heterocycles. The first-order valence-corrected chi connectivity index (χ1v) is 12.5. The molecule has 3 nitrogen and oxygen atoms in total. The quantitative estimate of drug-likeness (QED) is 0.138. The van der Waals surface area contributed by atoms with Crippen molar-refractivity contribution in [2.75, 3.05) is 6.61 Å². The van der Waals surface area contributed by atoms with Crippen LogP contribution >= 0.6 is 0 Å². The SMILES string of the molecule is CCOC(=O)/C=C/C=C/CCC/C=C/C=C/[C@H](C)O[Si](C)(C)C(C)(C)C. The molecule has 148 valence electrons. The van der Waals surface area contributed by atoms with Gasteiger partial charge in [0.05, 0.1) is 12.7 Å². The number of hydrogen-bond donors (Lipinski definition) is 0. The molecule has 0 aromatic heterocycles. The molecule has 0 radical (unpaired) electrons. The molecule has 0 N–H and O–H groups in total. The summed E-state index contributed by atoms with van der Waals surface area (Å²) in [5, 5.41) is 0.240. The zero-order chi connectivity index (χ0) is 20.1. The lowest BCUT2D eigenvalue weighted by molar-refractivity contribution is -0.137. The second kappa shape index (κ2) is 12.9. The summed E-state index contributed by atoms with van der Waals surface area (Å²) >= 11 is 0. The van der Waals surface area contributed by atoms with Gasteiger partial charge in [-0.2, -0.15) is 0 Å². The highest BCUT2D eigenvalue weighted by Gasteiger charge is 2.37. The van der Waals surface area contributed by atoms with Gasteiger partial charge in [0.2, 0.25) is 0 Å². The number of carbonyl (C=O) groups excluding carboxylic acids is 1. The number of allylic oxidation sites excluding steroid dienone is 6. The van der Waals surface area contributed by atoms with Gasteiger partial charge in [0, 0.05) is 6.08 Å². The fourth-order valence-electron chi connectivity index (χ4n) is 1.93. The predicted molar refractivity (Wildman–Crippen MR) is 115 cm³/mol. The maximum atomic E-state index is 11.1. The molecule has 0 unspecified atom stereocenters. The zero-order valence-electron chi connectivity index (χ0n) is 17.7. The van der Waals surface area contributed by atoms with Crippen molar-refractivity contribution < 1.29 is 14.0 Å². The highest BCUT2D eigenvalue weighted by atomic mass is 28.4. The Morgan fingerprint density at radius 3 is 2.15 bits per heavy atom. The molecule has 0 aliphatic rings. The van der Waals surface area contributed by atoms with Crippen LogP contribution in [0.4, 0.5) is 0 Å². The van der Waals surface area contributed by atoms with Crippen molar-refractivity contribution in [3.05, 3.63) is 48.6 Å². The first-order chi connectivity index (χ1) is 12.1. The van der Waals surface area contributed by atoms with E-state index in [1.807, 2.05) is 6.08 Å². The number of esters is 1. The average Bonchev–Trinajstić information content (AvgIpc) is 2.51. The Kier molecular flexibility index (Phi) is 12.2. The highest BCUT2D eigenvalue weighted by molar-refractivity contribution is 6.74. The first-order valence-electron chi connectivity index (χ1n) is 9.61. The van der Waals surface area contributed by atoms with Gasteiger partial charge in [0.15, 0.2) is 8.32 Å². The standard InChI is InChI=1S/C22H38O3Si/c1-8-24-21(23)19-17-15-13-11-9-10-12-14-16-18-20(2)25-26(6,7)22(3,4)5/h12-20H,8-11H2,1-7H3/b14-12+,15-13+,18-16+,19-17+/t20-/m0/s1. The number of hydrogen-bond acceptors (Lipinski definition) is 3. The lowest BCUT2D eigenvalue weighted by Crippen LogP contribution is -2.42. The maximum Gasteiger partial charge on any atom is 0.330 e. The molecule has 26 heavy (non-hydrogen) atoms. The van der Waals surface area contributed by atoms with Crippen LogP contribution in [0.2, 0.25) is 18.1 Å². The molecule has 0 aromatic rings. The van der Waals surface area contributed by atoms with Crippen molar-refractivity contribution in [1.29, 1.82) is 0 Å². The van der Waals surface area contributed by atoms with Gasteiger partial charge in [-0.25, -0.2) is 4.79 Å². The van der Waals surface area contributed by atoms with Crippen molar-refractivity contribution in [3.8, 4) is 0 Å². The smallest absolute Gasteiger partial charge is 0.330 e. The van der Waals surface area contributed by atoms with Crippen LogP contribution in [0.5, 0.6) is 0 Å². The van der Waals surface area contributed by atoms with Crippen LogP contribution in [0.15, 0.2) is 48.6 Å². The Bertz CT molecular complexity index is 508. The van der Waals surface area contributed by atoms with Gasteiger partial charge in [-0.1, -0.05) is 63.3 Å². The van der Waals surface area contributed by atoms with E-state index in [1.54, 1.807) is 13.0 Å². The van der Waals surface area contributed by atoms with Crippen LogP contribution in [0.25, 0.3) is 0 Å². The van der Waals surface area contributed by atoms with Crippen molar-refractivity contribution in [2.24, 2.45) is 0 Å². The van der Waals surface area contributed by atoms with E-state index in [0.29, 0.717) is 6.61 Å². The second-order valence-corrected chi connectivity index (χ2v) is 12.6. The Balaban J connectivity index is 3.97. The van der Waals surface area contributed by atoms with Crippen molar-refractivity contribution >= 4 is 14.3 Å². The predicted octanol–water partition coefficient (Wildman–Crippen LogP) is 6.35. The van der Waals surface area contributed by atoms with Gasteiger partial charge in [0.25, 0.3) is 0 Å². The van der Waals surface area contributed by atoms with Crippen LogP contribution < -0.4 is 0 Å². The summed E-state index contributed by atoms with van der Waals surface area (Å²) in [7, 11) is -1.69. The maximum absolute atomic E-state index is 11.1. The summed E-state index contributed by atoms with van der Waals surface area (Å²) in [6.07, 6.45) is 18.9. The molecule has 0 amide bonds. The van der Waals surface area contributed by atoms with Gasteiger partial charge < -0.3 is 9.16 Å². The van der Waals surface area contributed by atoms with Gasteiger partial charge >= 0.3 is 5.97 Å². The molecule has 0 aliphatic carbocycles. The molecule has 0 aliphatic heterocycles. The Morgan fingerprint density at radius 1 is 1.04 bits per heavy atom. The minimum atomic E-state index is -1.69. The lowest BCUT2D eigenvalue weighted by atomic mass is 10.2. The van der Waals surface area contributed by atoms with Crippen LogP contribution in [0.1, 0.15) is 53.9 Å². The third-order valence-electron chi connectivity index (χ3n) is 4.42. The fourth-order valence-corrected chi connectivity index (χ4v) is 3.29. The normalized spacial score (nSPS) is 14.9. The summed E-state index contributed by atoms with van der Waals surface area (Å²) < 4.78 is 11.1. The molecule has 0 bridgehead atoms. The second-order valence-electron chi connectivity index (χ2n) is 7.87. The number of rotatable bonds is 11. The van der Waals surface area contributed by atoms with Gasteiger partial charge in [0.1, 0.15) is 0 Å². The Hall–Kier alpha value is -1.39.